The number of nitrogens with one attached hydrogen (secondary N) is 1. The number of ketones is 1. The van der Waals surface area contributed by atoms with E-state index in [9.17, 15) is 4.79 Å². The zero-order valence-electron chi connectivity index (χ0n) is 13.7. The van der Waals surface area contributed by atoms with E-state index in [0.29, 0.717) is 5.02 Å². The third-order valence-electron chi connectivity index (χ3n) is 4.02. The topological polar surface area (TPSA) is 34.0 Å². The van der Waals surface area contributed by atoms with Gasteiger partial charge in [0, 0.05) is 33.3 Å². The molecule has 0 amide bonds. The lowest BCUT2D eigenvalue weighted by Crippen LogP contribution is -2.14. The number of nitrogens with zero attached hydrogens (tertiary/aromatic N) is 1. The molecule has 1 aromatic heterocycles. The first-order valence-corrected chi connectivity index (χ1v) is 8.21. The van der Waals surface area contributed by atoms with Crippen molar-refractivity contribution in [3.63, 3.8) is 0 Å². The molecule has 0 bridgehead atoms. The minimum Gasteiger partial charge on any atom is -0.378 e. The van der Waals surface area contributed by atoms with Gasteiger partial charge in [0.15, 0.2) is 5.78 Å². The number of aryl methyl sites for hydroxylation is 1. The number of aromatic nitrogens is 1. The van der Waals surface area contributed by atoms with Gasteiger partial charge in [0.1, 0.15) is 0 Å². The highest BCUT2D eigenvalue weighted by Crippen LogP contribution is 2.21. The number of para-hydroxylation sites is 1. The Hall–Kier alpha value is -2.52. The molecule has 122 valence electrons. The second-order valence-corrected chi connectivity index (χ2v) is 6.18. The standard InChI is InChI=1S/C20H19ClN2O/c1-14-11-19(15(2)23(14)18-9-4-3-5-10-18)20(24)13-22-17-8-6-7-16(21)12-17/h3-12,22H,13H2,1-2H3. The molecule has 24 heavy (non-hydrogen) atoms. The third kappa shape index (κ3) is 3.36. The Morgan fingerprint density at radius 3 is 2.50 bits per heavy atom. The highest BCUT2D eigenvalue weighted by Gasteiger charge is 2.16. The molecule has 3 rings (SSSR count). The van der Waals surface area contributed by atoms with Crippen LogP contribution in [0.25, 0.3) is 5.69 Å². The van der Waals surface area contributed by atoms with Crippen LogP contribution in [0.1, 0.15) is 21.7 Å². The summed E-state index contributed by atoms with van der Waals surface area (Å²) < 4.78 is 2.10. The van der Waals surface area contributed by atoms with E-state index in [0.717, 1.165) is 28.3 Å². The fourth-order valence-corrected chi connectivity index (χ4v) is 3.09. The molecule has 2 aromatic carbocycles. The lowest BCUT2D eigenvalue weighted by atomic mass is 10.1. The highest BCUT2D eigenvalue weighted by molar-refractivity contribution is 6.30. The molecule has 3 aromatic rings. The van der Waals surface area contributed by atoms with Gasteiger partial charge < -0.3 is 9.88 Å². The second kappa shape index (κ2) is 6.93. The molecule has 3 nitrogen and oxygen atoms in total. The molecular weight excluding hydrogens is 320 g/mol. The Bertz CT molecular complexity index is 869. The molecule has 0 aliphatic heterocycles. The van der Waals surface area contributed by atoms with Gasteiger partial charge in [-0.2, -0.15) is 0 Å². The van der Waals surface area contributed by atoms with E-state index in [-0.39, 0.29) is 12.3 Å². The summed E-state index contributed by atoms with van der Waals surface area (Å²) in [5.41, 5.74) is 4.65. The summed E-state index contributed by atoms with van der Waals surface area (Å²) in [6, 6.07) is 19.4. The van der Waals surface area contributed by atoms with Crippen LogP contribution in [-0.2, 0) is 0 Å². The number of carbonyl (C=O) groups excluding carboxylic acids is 1. The van der Waals surface area contributed by atoms with Crippen molar-refractivity contribution < 1.29 is 4.79 Å². The van der Waals surface area contributed by atoms with Crippen molar-refractivity contribution in [1.82, 2.24) is 4.57 Å². The van der Waals surface area contributed by atoms with E-state index in [1.165, 1.54) is 0 Å². The predicted molar refractivity (Wildman–Crippen MR) is 99.5 cm³/mol. The van der Waals surface area contributed by atoms with Crippen molar-refractivity contribution in [3.05, 3.63) is 82.6 Å². The maximum absolute atomic E-state index is 12.6. The van der Waals surface area contributed by atoms with Crippen LogP contribution in [0, 0.1) is 13.8 Å². The lowest BCUT2D eigenvalue weighted by molar-refractivity contribution is 0.101. The minimum atomic E-state index is 0.0604. The van der Waals surface area contributed by atoms with E-state index in [2.05, 4.69) is 9.88 Å². The van der Waals surface area contributed by atoms with Crippen LogP contribution in [0.2, 0.25) is 5.02 Å². The smallest absolute Gasteiger partial charge is 0.183 e. The van der Waals surface area contributed by atoms with E-state index in [1.807, 2.05) is 74.5 Å². The minimum absolute atomic E-state index is 0.0604. The summed E-state index contributed by atoms with van der Waals surface area (Å²) in [5.74, 6) is 0.0604. The van der Waals surface area contributed by atoms with Crippen molar-refractivity contribution in [2.75, 3.05) is 11.9 Å². The Balaban J connectivity index is 1.81. The van der Waals surface area contributed by atoms with Crippen molar-refractivity contribution in [2.24, 2.45) is 0 Å². The van der Waals surface area contributed by atoms with Gasteiger partial charge in [-0.15, -0.1) is 0 Å². The fourth-order valence-electron chi connectivity index (χ4n) is 2.90. The van der Waals surface area contributed by atoms with Gasteiger partial charge in [0.25, 0.3) is 0 Å². The molecule has 0 atom stereocenters. The Kier molecular flexibility index (Phi) is 4.72. The van der Waals surface area contributed by atoms with Gasteiger partial charge in [-0.25, -0.2) is 0 Å². The summed E-state index contributed by atoms with van der Waals surface area (Å²) in [6.45, 7) is 4.23. The van der Waals surface area contributed by atoms with Crippen LogP contribution in [0.5, 0.6) is 0 Å². The first-order chi connectivity index (χ1) is 11.6. The summed E-state index contributed by atoms with van der Waals surface area (Å²) >= 11 is 5.97. The lowest BCUT2D eigenvalue weighted by Gasteiger charge is -2.10. The van der Waals surface area contributed by atoms with Crippen LogP contribution in [-0.4, -0.2) is 16.9 Å². The summed E-state index contributed by atoms with van der Waals surface area (Å²) in [4.78, 5) is 12.6. The summed E-state index contributed by atoms with van der Waals surface area (Å²) in [6.07, 6.45) is 0. The first kappa shape index (κ1) is 16.3. The highest BCUT2D eigenvalue weighted by atomic mass is 35.5. The molecule has 0 saturated heterocycles. The van der Waals surface area contributed by atoms with Gasteiger partial charge in [-0.05, 0) is 50.2 Å². The van der Waals surface area contributed by atoms with Gasteiger partial charge in [0.2, 0.25) is 0 Å². The van der Waals surface area contributed by atoms with Crippen molar-refractivity contribution in [1.29, 1.82) is 0 Å². The zero-order valence-corrected chi connectivity index (χ0v) is 14.5. The zero-order chi connectivity index (χ0) is 17.1. The third-order valence-corrected chi connectivity index (χ3v) is 4.26. The summed E-state index contributed by atoms with van der Waals surface area (Å²) in [7, 11) is 0. The average molecular weight is 339 g/mol. The van der Waals surface area contributed by atoms with Crippen LogP contribution >= 0.6 is 11.6 Å². The maximum atomic E-state index is 12.6. The number of rotatable bonds is 5. The van der Waals surface area contributed by atoms with E-state index >= 15 is 0 Å². The molecule has 0 saturated carbocycles. The van der Waals surface area contributed by atoms with Gasteiger partial charge >= 0.3 is 0 Å². The number of halogens is 1. The second-order valence-electron chi connectivity index (χ2n) is 5.74. The molecule has 0 fully saturated rings. The number of hydrogen-bond donors (Lipinski definition) is 1. The Labute approximate surface area is 146 Å². The van der Waals surface area contributed by atoms with E-state index in [1.54, 1.807) is 0 Å². The monoisotopic (exact) mass is 338 g/mol. The number of Topliss-reactive ketones (excluding diaryl/α,β-unsaturated/α-hetero) is 1. The number of hydrogen-bond acceptors (Lipinski definition) is 2. The first-order valence-electron chi connectivity index (χ1n) is 7.83. The molecule has 0 aliphatic carbocycles. The average Bonchev–Trinajstić information content (AvgIpc) is 2.88. The van der Waals surface area contributed by atoms with Crippen LogP contribution in [0.3, 0.4) is 0 Å². The molecule has 0 aliphatic rings. The van der Waals surface area contributed by atoms with Crippen molar-refractivity contribution in [2.45, 2.75) is 13.8 Å². The molecule has 4 heteroatoms. The van der Waals surface area contributed by atoms with E-state index in [4.69, 9.17) is 11.6 Å². The molecule has 1 heterocycles. The van der Waals surface area contributed by atoms with Gasteiger partial charge in [-0.3, -0.25) is 4.79 Å². The number of anilines is 1. The number of carbonyl (C=O) groups is 1. The Morgan fingerprint density at radius 1 is 1.04 bits per heavy atom. The van der Waals surface area contributed by atoms with Crippen molar-refractivity contribution in [3.8, 4) is 5.69 Å². The SMILES string of the molecule is Cc1cc(C(=O)CNc2cccc(Cl)c2)c(C)n1-c1ccccc1. The maximum Gasteiger partial charge on any atom is 0.183 e. The molecule has 0 unspecified atom stereocenters. The van der Waals surface area contributed by atoms with Crippen LogP contribution in [0.15, 0.2) is 60.7 Å². The molecular formula is C20H19ClN2O. The van der Waals surface area contributed by atoms with Gasteiger partial charge in [0.05, 0.1) is 6.54 Å². The molecule has 0 radical (unpaired) electrons. The van der Waals surface area contributed by atoms with E-state index < -0.39 is 0 Å². The molecule has 0 spiro atoms. The quantitative estimate of drug-likeness (QED) is 0.661. The Morgan fingerprint density at radius 2 is 1.79 bits per heavy atom. The van der Waals surface area contributed by atoms with Crippen molar-refractivity contribution >= 4 is 23.1 Å². The van der Waals surface area contributed by atoms with Crippen LogP contribution < -0.4 is 5.32 Å². The molecule has 1 N–H and O–H groups in total. The largest absolute Gasteiger partial charge is 0.378 e. The fraction of sp³-hybridized carbons (Fsp3) is 0.150. The normalized spacial score (nSPS) is 10.6. The summed E-state index contributed by atoms with van der Waals surface area (Å²) in [5, 5.41) is 3.78. The predicted octanol–water partition coefficient (Wildman–Crippen LogP) is 5.04. The van der Waals surface area contributed by atoms with Crippen LogP contribution in [0.4, 0.5) is 5.69 Å². The number of benzene rings is 2. The van der Waals surface area contributed by atoms with Gasteiger partial charge in [-0.1, -0.05) is 35.9 Å².